The maximum absolute atomic E-state index is 13.7. The average Bonchev–Trinajstić information content (AvgIpc) is 2.48. The standard InChI is InChI=1S/C16H22F2N2O/c1-3-11-5-4-6-19-15(11)9-20-16(21)12-7-10(2)13(17)8-14(12)18/h7-8,11,15,19H,3-6,9H2,1-2H3,(H,20,21). The van der Waals surface area contributed by atoms with Crippen LogP contribution in [-0.4, -0.2) is 25.0 Å². The van der Waals surface area contributed by atoms with Gasteiger partial charge in [0.1, 0.15) is 11.6 Å². The summed E-state index contributed by atoms with van der Waals surface area (Å²) in [6.07, 6.45) is 3.35. The van der Waals surface area contributed by atoms with Gasteiger partial charge in [0.05, 0.1) is 5.56 Å². The molecule has 0 aromatic heterocycles. The maximum Gasteiger partial charge on any atom is 0.254 e. The largest absolute Gasteiger partial charge is 0.350 e. The van der Waals surface area contributed by atoms with Crippen LogP contribution in [0.25, 0.3) is 0 Å². The smallest absolute Gasteiger partial charge is 0.254 e. The molecule has 1 aliphatic heterocycles. The number of piperidine rings is 1. The van der Waals surface area contributed by atoms with Crippen LogP contribution >= 0.6 is 0 Å². The third-order valence-electron chi connectivity index (χ3n) is 4.23. The van der Waals surface area contributed by atoms with E-state index in [4.69, 9.17) is 0 Å². The first-order valence-corrected chi connectivity index (χ1v) is 7.50. The van der Waals surface area contributed by atoms with Gasteiger partial charge in [-0.2, -0.15) is 0 Å². The molecule has 116 valence electrons. The van der Waals surface area contributed by atoms with Crippen molar-refractivity contribution in [2.45, 2.75) is 39.2 Å². The van der Waals surface area contributed by atoms with E-state index >= 15 is 0 Å². The summed E-state index contributed by atoms with van der Waals surface area (Å²) < 4.78 is 26.9. The van der Waals surface area contributed by atoms with E-state index in [0.29, 0.717) is 12.5 Å². The zero-order valence-corrected chi connectivity index (χ0v) is 12.5. The number of rotatable bonds is 4. The molecule has 2 atom stereocenters. The number of benzene rings is 1. The van der Waals surface area contributed by atoms with Crippen molar-refractivity contribution < 1.29 is 13.6 Å². The highest BCUT2D eigenvalue weighted by atomic mass is 19.1. The topological polar surface area (TPSA) is 41.1 Å². The van der Waals surface area contributed by atoms with Gasteiger partial charge in [-0.05, 0) is 43.9 Å². The van der Waals surface area contributed by atoms with Gasteiger partial charge < -0.3 is 10.6 Å². The molecule has 0 radical (unpaired) electrons. The number of hydrogen-bond acceptors (Lipinski definition) is 2. The molecule has 1 aromatic rings. The Hall–Kier alpha value is -1.49. The number of carbonyl (C=O) groups excluding carboxylic acids is 1. The fourth-order valence-corrected chi connectivity index (χ4v) is 2.88. The number of amides is 1. The molecule has 2 unspecified atom stereocenters. The van der Waals surface area contributed by atoms with Gasteiger partial charge in [-0.3, -0.25) is 4.79 Å². The lowest BCUT2D eigenvalue weighted by molar-refractivity contribution is 0.0938. The summed E-state index contributed by atoms with van der Waals surface area (Å²) in [5, 5.41) is 6.15. The van der Waals surface area contributed by atoms with Gasteiger partial charge in [-0.25, -0.2) is 8.78 Å². The molecule has 0 aliphatic carbocycles. The Morgan fingerprint density at radius 2 is 2.14 bits per heavy atom. The highest BCUT2D eigenvalue weighted by molar-refractivity contribution is 5.94. The zero-order valence-electron chi connectivity index (χ0n) is 12.5. The third-order valence-corrected chi connectivity index (χ3v) is 4.23. The Kier molecular flexibility index (Phi) is 5.28. The minimum absolute atomic E-state index is 0.0993. The molecule has 2 N–H and O–H groups in total. The van der Waals surface area contributed by atoms with Crippen molar-refractivity contribution in [2.75, 3.05) is 13.1 Å². The first-order valence-electron chi connectivity index (χ1n) is 7.50. The average molecular weight is 296 g/mol. The summed E-state index contributed by atoms with van der Waals surface area (Å²) in [5.74, 6) is -1.42. The lowest BCUT2D eigenvalue weighted by atomic mass is 9.88. The molecule has 21 heavy (non-hydrogen) atoms. The predicted molar refractivity (Wildman–Crippen MR) is 78.2 cm³/mol. The molecule has 3 nitrogen and oxygen atoms in total. The van der Waals surface area contributed by atoms with Crippen LogP contribution in [0.1, 0.15) is 42.1 Å². The van der Waals surface area contributed by atoms with Gasteiger partial charge in [-0.15, -0.1) is 0 Å². The lowest BCUT2D eigenvalue weighted by Gasteiger charge is -2.32. The van der Waals surface area contributed by atoms with Crippen molar-refractivity contribution in [2.24, 2.45) is 5.92 Å². The van der Waals surface area contributed by atoms with E-state index in [-0.39, 0.29) is 17.2 Å². The van der Waals surface area contributed by atoms with Crippen molar-refractivity contribution in [3.63, 3.8) is 0 Å². The van der Waals surface area contributed by atoms with Crippen molar-refractivity contribution >= 4 is 5.91 Å². The number of hydrogen-bond donors (Lipinski definition) is 2. The van der Waals surface area contributed by atoms with Crippen LogP contribution in [-0.2, 0) is 0 Å². The summed E-state index contributed by atoms with van der Waals surface area (Å²) in [4.78, 5) is 12.1. The molecule has 0 saturated carbocycles. The molecule has 1 heterocycles. The van der Waals surface area contributed by atoms with Crippen molar-refractivity contribution in [3.05, 3.63) is 34.9 Å². The van der Waals surface area contributed by atoms with E-state index in [9.17, 15) is 13.6 Å². The number of halogens is 2. The molecular weight excluding hydrogens is 274 g/mol. The van der Waals surface area contributed by atoms with Crippen LogP contribution < -0.4 is 10.6 Å². The second kappa shape index (κ2) is 6.98. The second-order valence-corrected chi connectivity index (χ2v) is 5.66. The fourth-order valence-electron chi connectivity index (χ4n) is 2.88. The van der Waals surface area contributed by atoms with Crippen LogP contribution in [0.4, 0.5) is 8.78 Å². The van der Waals surface area contributed by atoms with E-state index in [1.165, 1.54) is 13.0 Å². The highest BCUT2D eigenvalue weighted by Gasteiger charge is 2.24. The van der Waals surface area contributed by atoms with Crippen molar-refractivity contribution in [1.82, 2.24) is 10.6 Å². The molecule has 1 fully saturated rings. The lowest BCUT2D eigenvalue weighted by Crippen LogP contribution is -2.48. The summed E-state index contributed by atoms with van der Waals surface area (Å²) in [6.45, 7) is 5.06. The number of nitrogens with one attached hydrogen (secondary N) is 2. The van der Waals surface area contributed by atoms with Crippen LogP contribution in [0.3, 0.4) is 0 Å². The van der Waals surface area contributed by atoms with Crippen LogP contribution in [0.5, 0.6) is 0 Å². The van der Waals surface area contributed by atoms with Gasteiger partial charge >= 0.3 is 0 Å². The quantitative estimate of drug-likeness (QED) is 0.897. The van der Waals surface area contributed by atoms with Crippen LogP contribution in [0.2, 0.25) is 0 Å². The molecule has 5 heteroatoms. The Morgan fingerprint density at radius 3 is 2.86 bits per heavy atom. The number of aryl methyl sites for hydroxylation is 1. The molecule has 1 saturated heterocycles. The summed E-state index contributed by atoms with van der Waals surface area (Å²) >= 11 is 0. The zero-order chi connectivity index (χ0) is 15.4. The molecule has 1 aliphatic rings. The molecule has 1 aromatic carbocycles. The van der Waals surface area contributed by atoms with Gasteiger partial charge in [0.15, 0.2) is 0 Å². The molecule has 0 bridgehead atoms. The SMILES string of the molecule is CCC1CCCNC1CNC(=O)c1cc(C)c(F)cc1F. The van der Waals surface area contributed by atoms with E-state index < -0.39 is 17.5 Å². The molecular formula is C16H22F2N2O. The summed E-state index contributed by atoms with van der Waals surface area (Å²) in [7, 11) is 0. The van der Waals surface area contributed by atoms with Gasteiger partial charge in [0.2, 0.25) is 0 Å². The van der Waals surface area contributed by atoms with Crippen molar-refractivity contribution in [3.8, 4) is 0 Å². The van der Waals surface area contributed by atoms with Crippen LogP contribution in [0, 0.1) is 24.5 Å². The first-order chi connectivity index (χ1) is 10.0. The minimum Gasteiger partial charge on any atom is -0.350 e. The summed E-state index contributed by atoms with van der Waals surface area (Å²) in [6, 6.07) is 2.24. The van der Waals surface area contributed by atoms with Gasteiger partial charge in [0.25, 0.3) is 5.91 Å². The van der Waals surface area contributed by atoms with E-state index in [0.717, 1.165) is 31.9 Å². The van der Waals surface area contributed by atoms with E-state index in [1.807, 2.05) is 0 Å². The van der Waals surface area contributed by atoms with Crippen molar-refractivity contribution in [1.29, 1.82) is 0 Å². The van der Waals surface area contributed by atoms with Gasteiger partial charge in [-0.1, -0.05) is 13.3 Å². The van der Waals surface area contributed by atoms with Crippen LogP contribution in [0.15, 0.2) is 12.1 Å². The molecule has 0 spiro atoms. The monoisotopic (exact) mass is 296 g/mol. The Balaban J connectivity index is 2.00. The van der Waals surface area contributed by atoms with E-state index in [1.54, 1.807) is 0 Å². The maximum atomic E-state index is 13.7. The highest BCUT2D eigenvalue weighted by Crippen LogP contribution is 2.19. The minimum atomic E-state index is -0.820. The Bertz CT molecular complexity index is 519. The molecule has 2 rings (SSSR count). The predicted octanol–water partition coefficient (Wildman–Crippen LogP) is 2.78. The second-order valence-electron chi connectivity index (χ2n) is 5.66. The fraction of sp³-hybridized carbons (Fsp3) is 0.562. The third kappa shape index (κ3) is 3.79. The Morgan fingerprint density at radius 1 is 1.38 bits per heavy atom. The number of carbonyl (C=O) groups is 1. The summed E-state index contributed by atoms with van der Waals surface area (Å²) in [5.41, 5.74) is 0.168. The molecule has 1 amide bonds. The Labute approximate surface area is 124 Å². The van der Waals surface area contributed by atoms with Gasteiger partial charge in [0, 0.05) is 18.7 Å². The normalized spacial score (nSPS) is 22.1. The first kappa shape index (κ1) is 15.9. The van der Waals surface area contributed by atoms with E-state index in [2.05, 4.69) is 17.6 Å².